The smallest absolute Gasteiger partial charge is 0.243 e. The molecule has 0 atom stereocenters. The summed E-state index contributed by atoms with van der Waals surface area (Å²) in [7, 11) is 1.85. The van der Waals surface area contributed by atoms with Crippen LogP contribution in [0.4, 0.5) is 17.5 Å². The van der Waals surface area contributed by atoms with Crippen LogP contribution in [0.1, 0.15) is 25.7 Å². The van der Waals surface area contributed by atoms with Crippen LogP contribution in [-0.4, -0.2) is 43.6 Å². The molecule has 0 unspecified atom stereocenters. The Morgan fingerprint density at radius 3 is 2.48 bits per heavy atom. The number of anilines is 3. The Morgan fingerprint density at radius 2 is 1.88 bits per heavy atom. The predicted octanol–water partition coefficient (Wildman–Crippen LogP) is 2.38. The van der Waals surface area contributed by atoms with E-state index in [1.165, 1.54) is 6.08 Å². The number of nitrogens with zero attached hydrogens (tertiary/aromatic N) is 4. The number of nitrogens with one attached hydrogen (secondary N) is 3. The number of fused-ring (bicyclic) bond motifs is 1. The number of carbonyl (C=O) groups is 2. The Kier molecular flexibility index (Phi) is 7.79. The van der Waals surface area contributed by atoms with Crippen LogP contribution in [0, 0.1) is 0 Å². The summed E-state index contributed by atoms with van der Waals surface area (Å²) >= 11 is 0. The fourth-order valence-corrected chi connectivity index (χ4v) is 3.47. The minimum atomic E-state index is -0.481. The van der Waals surface area contributed by atoms with Gasteiger partial charge < -0.3 is 26.1 Å². The van der Waals surface area contributed by atoms with Gasteiger partial charge in [0, 0.05) is 31.4 Å². The molecular weight excluding hydrogens is 424 g/mol. The molecule has 4 rings (SSSR count). The van der Waals surface area contributed by atoms with Crippen LogP contribution in [0.2, 0.25) is 0 Å². The summed E-state index contributed by atoms with van der Waals surface area (Å²) in [5.74, 6) is 0.553. The highest BCUT2D eigenvalue weighted by Gasteiger charge is 2.23. The summed E-state index contributed by atoms with van der Waals surface area (Å²) < 4.78 is 7.30. The molecule has 3 aromatic rings. The van der Waals surface area contributed by atoms with Gasteiger partial charge in [0.1, 0.15) is 5.52 Å². The highest BCUT2D eigenvalue weighted by molar-refractivity contribution is 5.87. The van der Waals surface area contributed by atoms with Gasteiger partial charge in [0.15, 0.2) is 11.4 Å². The van der Waals surface area contributed by atoms with Gasteiger partial charge in [0.05, 0.1) is 18.1 Å². The number of aromatic nitrogens is 4. The van der Waals surface area contributed by atoms with Gasteiger partial charge in [-0.25, -0.2) is 4.98 Å². The van der Waals surface area contributed by atoms with Gasteiger partial charge >= 0.3 is 0 Å². The van der Waals surface area contributed by atoms with E-state index in [-0.39, 0.29) is 18.0 Å². The molecule has 3 aromatic heterocycles. The summed E-state index contributed by atoms with van der Waals surface area (Å²) in [6, 6.07) is 2.27. The molecule has 0 radical (unpaired) electrons. The Labute approximate surface area is 191 Å². The van der Waals surface area contributed by atoms with Crippen molar-refractivity contribution in [3.8, 4) is 0 Å². The fourth-order valence-electron chi connectivity index (χ4n) is 3.47. The number of aryl methyl sites for hydroxylation is 1. The average Bonchev–Trinajstić information content (AvgIpc) is 3.44. The molecule has 1 aliphatic carbocycles. The van der Waals surface area contributed by atoms with E-state index in [1.54, 1.807) is 17.1 Å². The topological polar surface area (TPSA) is 153 Å². The van der Waals surface area contributed by atoms with Crippen LogP contribution in [-0.2, 0) is 16.6 Å². The molecule has 2 amide bonds. The van der Waals surface area contributed by atoms with Crippen molar-refractivity contribution in [3.05, 3.63) is 50.0 Å². The second-order valence-electron chi connectivity index (χ2n) is 7.57. The lowest BCUT2D eigenvalue weighted by Gasteiger charge is -2.29. The zero-order valence-corrected chi connectivity index (χ0v) is 18.5. The van der Waals surface area contributed by atoms with Crippen molar-refractivity contribution in [2.45, 2.75) is 37.8 Å². The Bertz CT molecular complexity index is 1130. The third-order valence-corrected chi connectivity index (χ3v) is 5.07. The van der Waals surface area contributed by atoms with E-state index in [2.05, 4.69) is 49.9 Å². The highest BCUT2D eigenvalue weighted by Crippen LogP contribution is 2.28. The van der Waals surface area contributed by atoms with Gasteiger partial charge in [-0.2, -0.15) is 10.1 Å². The van der Waals surface area contributed by atoms with Crippen LogP contribution < -0.4 is 21.7 Å². The number of primary amides is 1. The number of nitrogens with two attached hydrogens (primary N) is 1. The predicted molar refractivity (Wildman–Crippen MR) is 126 cm³/mol. The standard InChI is InChI=1S/C19H23N7O2.C3H5NO/c1-3-16(27)21-12-4-6-13(7-5-12)22-18-17-15(8-9-28-17)24-19(25-18)23-14-10-20-26(2)11-14;1-2-3(4)5/h3,8-13H,1,4-7H2,2H3,(H,21,27)(H2,22,23,24,25);2H,1H2,(H2,4,5). The van der Waals surface area contributed by atoms with Crippen molar-refractivity contribution in [1.82, 2.24) is 25.1 Å². The molecule has 1 fully saturated rings. The van der Waals surface area contributed by atoms with E-state index in [9.17, 15) is 9.59 Å². The first-order chi connectivity index (χ1) is 15.9. The lowest BCUT2D eigenvalue weighted by molar-refractivity contribution is -0.117. The highest BCUT2D eigenvalue weighted by atomic mass is 16.3. The van der Waals surface area contributed by atoms with Gasteiger partial charge in [0.25, 0.3) is 0 Å². The maximum Gasteiger partial charge on any atom is 0.243 e. The van der Waals surface area contributed by atoms with Crippen LogP contribution in [0.3, 0.4) is 0 Å². The number of hydrogen-bond acceptors (Lipinski definition) is 8. The van der Waals surface area contributed by atoms with E-state index in [0.29, 0.717) is 17.3 Å². The second kappa shape index (κ2) is 10.9. The molecule has 11 nitrogen and oxygen atoms in total. The number of rotatable bonds is 7. The van der Waals surface area contributed by atoms with Gasteiger partial charge in [-0.1, -0.05) is 13.2 Å². The molecule has 0 aliphatic heterocycles. The molecule has 1 aliphatic rings. The Balaban J connectivity index is 0.000000555. The first kappa shape index (κ1) is 23.5. The maximum atomic E-state index is 11.5. The second-order valence-corrected chi connectivity index (χ2v) is 7.57. The minimum absolute atomic E-state index is 0.115. The summed E-state index contributed by atoms with van der Waals surface area (Å²) in [5, 5.41) is 13.8. The zero-order valence-electron chi connectivity index (χ0n) is 18.5. The van der Waals surface area contributed by atoms with E-state index in [4.69, 9.17) is 4.42 Å². The molecule has 5 N–H and O–H groups in total. The molecule has 0 aromatic carbocycles. The van der Waals surface area contributed by atoms with Crippen LogP contribution in [0.5, 0.6) is 0 Å². The van der Waals surface area contributed by atoms with Crippen LogP contribution >= 0.6 is 0 Å². The molecule has 3 heterocycles. The van der Waals surface area contributed by atoms with E-state index >= 15 is 0 Å². The van der Waals surface area contributed by atoms with Crippen molar-refractivity contribution in [1.29, 1.82) is 0 Å². The monoisotopic (exact) mass is 452 g/mol. The average molecular weight is 453 g/mol. The maximum absolute atomic E-state index is 11.5. The summed E-state index contributed by atoms with van der Waals surface area (Å²) in [5.41, 5.74) is 6.72. The Morgan fingerprint density at radius 1 is 1.18 bits per heavy atom. The van der Waals surface area contributed by atoms with Crippen molar-refractivity contribution in [2.75, 3.05) is 10.6 Å². The number of carbonyl (C=O) groups excluding carboxylic acids is 2. The van der Waals surface area contributed by atoms with Crippen molar-refractivity contribution < 1.29 is 14.0 Å². The van der Waals surface area contributed by atoms with Gasteiger partial charge in [-0.05, 0) is 37.8 Å². The summed E-state index contributed by atoms with van der Waals surface area (Å²) in [4.78, 5) is 30.0. The van der Waals surface area contributed by atoms with Gasteiger partial charge in [-0.3, -0.25) is 14.3 Å². The van der Waals surface area contributed by atoms with Gasteiger partial charge in [-0.15, -0.1) is 0 Å². The SMILES string of the molecule is C=CC(=O)NC1CCC(Nc2nc(Nc3cnn(C)c3)nc3ccoc23)CC1.C=CC(N)=O. The molecule has 33 heavy (non-hydrogen) atoms. The third kappa shape index (κ3) is 6.66. The summed E-state index contributed by atoms with van der Waals surface area (Å²) in [6.45, 7) is 6.59. The first-order valence-corrected chi connectivity index (χ1v) is 10.5. The number of amides is 2. The molecule has 0 saturated heterocycles. The minimum Gasteiger partial charge on any atom is -0.459 e. The number of furan rings is 1. The molecular formula is C22H28N8O3. The Hall–Kier alpha value is -4.15. The summed E-state index contributed by atoms with van der Waals surface area (Å²) in [6.07, 6.45) is 11.2. The zero-order chi connectivity index (χ0) is 23.8. The largest absolute Gasteiger partial charge is 0.459 e. The van der Waals surface area contributed by atoms with Crippen molar-refractivity contribution in [3.63, 3.8) is 0 Å². The van der Waals surface area contributed by atoms with Crippen LogP contribution in [0.25, 0.3) is 11.1 Å². The quantitative estimate of drug-likeness (QED) is 0.399. The molecule has 0 bridgehead atoms. The first-order valence-electron chi connectivity index (χ1n) is 10.5. The van der Waals surface area contributed by atoms with E-state index in [1.807, 2.05) is 19.3 Å². The molecule has 11 heteroatoms. The third-order valence-electron chi connectivity index (χ3n) is 5.07. The fraction of sp³-hybridized carbons (Fsp3) is 0.318. The van der Waals surface area contributed by atoms with Crippen molar-refractivity contribution >= 4 is 40.4 Å². The van der Waals surface area contributed by atoms with Gasteiger partial charge in [0.2, 0.25) is 17.8 Å². The normalized spacial score (nSPS) is 17.4. The van der Waals surface area contributed by atoms with E-state index < -0.39 is 5.91 Å². The lowest BCUT2D eigenvalue weighted by Crippen LogP contribution is -2.39. The van der Waals surface area contributed by atoms with E-state index in [0.717, 1.165) is 43.0 Å². The lowest BCUT2D eigenvalue weighted by atomic mass is 9.91. The van der Waals surface area contributed by atoms with Crippen molar-refractivity contribution in [2.24, 2.45) is 12.8 Å². The molecule has 174 valence electrons. The molecule has 1 saturated carbocycles. The molecule has 0 spiro atoms. The number of hydrogen-bond donors (Lipinski definition) is 4. The van der Waals surface area contributed by atoms with Crippen LogP contribution in [0.15, 0.2) is 54.5 Å².